The van der Waals surface area contributed by atoms with E-state index >= 15 is 0 Å². The zero-order valence-electron chi connectivity index (χ0n) is 12.6. The van der Waals surface area contributed by atoms with Gasteiger partial charge in [-0.05, 0) is 51.8 Å². The normalized spacial score (nSPS) is 10.9. The quantitative estimate of drug-likeness (QED) is 0.502. The summed E-state index contributed by atoms with van der Waals surface area (Å²) >= 11 is 4.97. The lowest BCUT2D eigenvalue weighted by molar-refractivity contribution is 0.0950. The van der Waals surface area contributed by atoms with Crippen molar-refractivity contribution in [1.29, 1.82) is 0 Å². The number of nitrogens with zero attached hydrogens (tertiary/aromatic N) is 2. The number of carbonyl (C=O) groups is 1. The van der Waals surface area contributed by atoms with Crippen molar-refractivity contribution in [3.8, 4) is 16.3 Å². The molecule has 0 spiro atoms. The largest absolute Gasteiger partial charge is 0.497 e. The molecule has 0 aliphatic carbocycles. The minimum absolute atomic E-state index is 0.275. The maximum absolute atomic E-state index is 12.1. The van der Waals surface area contributed by atoms with Crippen LogP contribution in [-0.4, -0.2) is 29.4 Å². The summed E-state index contributed by atoms with van der Waals surface area (Å²) in [7, 11) is 1.60. The number of ether oxygens (including phenoxy) is 1. The summed E-state index contributed by atoms with van der Waals surface area (Å²) in [6, 6.07) is 12.9. The van der Waals surface area contributed by atoms with Gasteiger partial charge in [0, 0.05) is 0 Å². The average Bonchev–Trinajstić information content (AvgIpc) is 3.24. The second-order valence-corrected chi connectivity index (χ2v) is 7.21. The van der Waals surface area contributed by atoms with E-state index in [4.69, 9.17) is 4.74 Å². The van der Waals surface area contributed by atoms with Crippen molar-refractivity contribution in [3.63, 3.8) is 0 Å². The highest BCUT2D eigenvalue weighted by molar-refractivity contribution is 9.11. The monoisotopic (exact) mass is 404 g/mol. The molecule has 0 saturated carbocycles. The van der Waals surface area contributed by atoms with E-state index in [-0.39, 0.29) is 11.6 Å². The highest BCUT2D eigenvalue weighted by Gasteiger charge is 2.11. The Morgan fingerprint density at radius 2 is 2.25 bits per heavy atom. The van der Waals surface area contributed by atoms with Crippen molar-refractivity contribution in [1.82, 2.24) is 15.6 Å². The van der Waals surface area contributed by atoms with Crippen LogP contribution in [0, 0.1) is 0 Å². The Morgan fingerprint density at radius 1 is 1.38 bits per heavy atom. The summed E-state index contributed by atoms with van der Waals surface area (Å²) in [5, 5.41) is 10.8. The van der Waals surface area contributed by atoms with Gasteiger partial charge in [-0.3, -0.25) is 9.89 Å². The molecule has 122 valence electrons. The predicted molar refractivity (Wildman–Crippen MR) is 97.7 cm³/mol. The molecule has 2 heterocycles. The molecule has 2 aromatic heterocycles. The lowest BCUT2D eigenvalue weighted by atomic mass is 10.2. The van der Waals surface area contributed by atoms with Crippen LogP contribution in [0.1, 0.15) is 16.1 Å². The van der Waals surface area contributed by atoms with Gasteiger partial charge in [-0.15, -0.1) is 11.3 Å². The van der Waals surface area contributed by atoms with E-state index in [9.17, 15) is 4.79 Å². The number of H-pyrrole nitrogens is 1. The first-order valence-corrected chi connectivity index (χ1v) is 8.55. The van der Waals surface area contributed by atoms with Crippen LogP contribution in [0.15, 0.2) is 51.4 Å². The van der Waals surface area contributed by atoms with Crippen molar-refractivity contribution in [3.05, 3.63) is 57.5 Å². The molecule has 0 aliphatic heterocycles. The highest BCUT2D eigenvalue weighted by atomic mass is 79.9. The SMILES string of the molecule is COc1cccc(C=NNC(=O)c2cc(-c3ccc(Br)s3)[nH]n2)c1. The number of benzene rings is 1. The fourth-order valence-electron chi connectivity index (χ4n) is 1.97. The van der Waals surface area contributed by atoms with Gasteiger partial charge in [0.2, 0.25) is 0 Å². The molecule has 8 heteroatoms. The molecule has 0 fully saturated rings. The Balaban J connectivity index is 1.65. The summed E-state index contributed by atoms with van der Waals surface area (Å²) in [5.74, 6) is 0.344. The smallest absolute Gasteiger partial charge is 0.291 e. The van der Waals surface area contributed by atoms with E-state index in [1.807, 2.05) is 36.4 Å². The zero-order valence-corrected chi connectivity index (χ0v) is 15.0. The van der Waals surface area contributed by atoms with Crippen molar-refractivity contribution in [2.75, 3.05) is 7.11 Å². The molecule has 0 aliphatic rings. The molecule has 3 rings (SSSR count). The molecular weight excluding hydrogens is 392 g/mol. The van der Waals surface area contributed by atoms with Crippen LogP contribution in [0.3, 0.4) is 0 Å². The van der Waals surface area contributed by atoms with Crippen molar-refractivity contribution in [2.45, 2.75) is 0 Å². The fourth-order valence-corrected chi connectivity index (χ4v) is 3.32. The van der Waals surface area contributed by atoms with Gasteiger partial charge in [0.15, 0.2) is 5.69 Å². The third-order valence-corrected chi connectivity index (χ3v) is 4.78. The van der Waals surface area contributed by atoms with E-state index in [1.165, 1.54) is 0 Å². The molecule has 1 amide bonds. The number of amides is 1. The molecule has 0 atom stereocenters. The third kappa shape index (κ3) is 3.90. The lowest BCUT2D eigenvalue weighted by Gasteiger charge is -1.99. The van der Waals surface area contributed by atoms with Crippen molar-refractivity contribution in [2.24, 2.45) is 5.10 Å². The van der Waals surface area contributed by atoms with Crippen LogP contribution in [0.5, 0.6) is 5.75 Å². The Morgan fingerprint density at radius 3 is 3.00 bits per heavy atom. The van der Waals surface area contributed by atoms with Crippen LogP contribution in [0.4, 0.5) is 0 Å². The summed E-state index contributed by atoms with van der Waals surface area (Å²) in [6.07, 6.45) is 1.55. The first-order valence-electron chi connectivity index (χ1n) is 6.94. The molecule has 0 bridgehead atoms. The second kappa shape index (κ2) is 7.41. The first kappa shape index (κ1) is 16.4. The van der Waals surface area contributed by atoms with E-state index < -0.39 is 0 Å². The van der Waals surface area contributed by atoms with Crippen molar-refractivity contribution < 1.29 is 9.53 Å². The number of hydrogen-bond acceptors (Lipinski definition) is 5. The van der Waals surface area contributed by atoms with Gasteiger partial charge in [-0.25, -0.2) is 5.43 Å². The number of carbonyl (C=O) groups excluding carboxylic acids is 1. The number of aromatic amines is 1. The van der Waals surface area contributed by atoms with Crippen LogP contribution < -0.4 is 10.2 Å². The van der Waals surface area contributed by atoms with Crippen LogP contribution in [0.2, 0.25) is 0 Å². The molecule has 6 nitrogen and oxygen atoms in total. The van der Waals surface area contributed by atoms with E-state index in [1.54, 1.807) is 30.7 Å². The molecule has 0 unspecified atom stereocenters. The van der Waals surface area contributed by atoms with Gasteiger partial charge in [-0.2, -0.15) is 10.2 Å². The van der Waals surface area contributed by atoms with Gasteiger partial charge in [0.1, 0.15) is 5.75 Å². The topological polar surface area (TPSA) is 79.4 Å². The van der Waals surface area contributed by atoms with Gasteiger partial charge >= 0.3 is 0 Å². The molecule has 0 radical (unpaired) electrons. The number of hydrazone groups is 1. The summed E-state index contributed by atoms with van der Waals surface area (Å²) in [4.78, 5) is 13.1. The number of rotatable bonds is 5. The molecule has 3 aromatic rings. The molecular formula is C16H13BrN4O2S. The molecule has 0 saturated heterocycles. The number of nitrogens with one attached hydrogen (secondary N) is 2. The van der Waals surface area contributed by atoms with Crippen LogP contribution in [0.25, 0.3) is 10.6 Å². The number of aromatic nitrogens is 2. The van der Waals surface area contributed by atoms with Gasteiger partial charge in [0.05, 0.1) is 27.7 Å². The first-order chi connectivity index (χ1) is 11.7. The summed E-state index contributed by atoms with van der Waals surface area (Å²) in [6.45, 7) is 0. The molecule has 24 heavy (non-hydrogen) atoms. The Kier molecular flexibility index (Phi) is 5.07. The molecule has 2 N–H and O–H groups in total. The number of halogens is 1. The summed E-state index contributed by atoms with van der Waals surface area (Å²) < 4.78 is 6.15. The summed E-state index contributed by atoms with van der Waals surface area (Å²) in [5.41, 5.74) is 4.34. The van der Waals surface area contributed by atoms with E-state index in [0.29, 0.717) is 0 Å². The standard InChI is InChI=1S/C16H13BrN4O2S/c1-23-11-4-2-3-10(7-11)9-18-21-16(22)13-8-12(19-20-13)14-5-6-15(17)24-14/h2-9H,1H3,(H,19,20)(H,21,22). The van der Waals surface area contributed by atoms with Crippen LogP contribution >= 0.6 is 27.3 Å². The lowest BCUT2D eigenvalue weighted by Crippen LogP contribution is -2.17. The van der Waals surface area contributed by atoms with Crippen molar-refractivity contribution >= 4 is 39.4 Å². The van der Waals surface area contributed by atoms with Gasteiger partial charge < -0.3 is 4.74 Å². The fraction of sp³-hybridized carbons (Fsp3) is 0.0625. The average molecular weight is 405 g/mol. The highest BCUT2D eigenvalue weighted by Crippen LogP contribution is 2.30. The minimum atomic E-state index is -0.382. The number of methoxy groups -OCH3 is 1. The predicted octanol–water partition coefficient (Wildman–Crippen LogP) is 3.67. The van der Waals surface area contributed by atoms with Gasteiger partial charge in [0.25, 0.3) is 5.91 Å². The molecule has 1 aromatic carbocycles. The van der Waals surface area contributed by atoms with Gasteiger partial charge in [-0.1, -0.05) is 12.1 Å². The number of hydrogen-bond donors (Lipinski definition) is 2. The van der Waals surface area contributed by atoms with E-state index in [0.717, 1.165) is 25.7 Å². The Labute approximate surface area is 150 Å². The third-order valence-electron chi connectivity index (χ3n) is 3.12. The van der Waals surface area contributed by atoms with E-state index in [2.05, 4.69) is 36.7 Å². The van der Waals surface area contributed by atoms with Crippen LogP contribution in [-0.2, 0) is 0 Å². The second-order valence-electron chi connectivity index (χ2n) is 4.75. The zero-order chi connectivity index (χ0) is 16.9. The Bertz CT molecular complexity index is 888. The minimum Gasteiger partial charge on any atom is -0.497 e. The maximum atomic E-state index is 12.1. The Hall–Kier alpha value is -2.45. The maximum Gasteiger partial charge on any atom is 0.291 e. The number of thiophene rings is 1.